The largest absolute Gasteiger partial charge is 0.493 e. The first kappa shape index (κ1) is 29.1. The van der Waals surface area contributed by atoms with Crippen LogP contribution in [0.2, 0.25) is 0 Å². The fourth-order valence-corrected chi connectivity index (χ4v) is 4.28. The average Bonchev–Trinajstić information content (AvgIpc) is 3.41. The molecule has 1 fully saturated rings. The lowest BCUT2D eigenvalue weighted by Gasteiger charge is -2.28. The fraction of sp³-hybridized carbons (Fsp3) is 0.536. The number of nitrogens with zero attached hydrogens (tertiary/aromatic N) is 2. The number of esters is 1. The first-order valence-corrected chi connectivity index (χ1v) is 12.9. The van der Waals surface area contributed by atoms with Crippen molar-refractivity contribution in [2.75, 3.05) is 32.6 Å². The van der Waals surface area contributed by atoms with E-state index in [2.05, 4.69) is 34.4 Å². The van der Waals surface area contributed by atoms with Crippen LogP contribution in [0.15, 0.2) is 42.5 Å². The molecule has 0 saturated carbocycles. The summed E-state index contributed by atoms with van der Waals surface area (Å²) in [6.45, 7) is 9.58. The van der Waals surface area contributed by atoms with Gasteiger partial charge in [-0.15, -0.1) is 0 Å². The van der Waals surface area contributed by atoms with E-state index in [4.69, 9.17) is 9.47 Å². The Labute approximate surface area is 218 Å². The Hall–Kier alpha value is -3.13. The number of hydrogen-bond donors (Lipinski definition) is 2. The maximum absolute atomic E-state index is 12.9. The van der Waals surface area contributed by atoms with Gasteiger partial charge in [0.2, 0.25) is 5.91 Å². The molecular weight excluding hydrogens is 456 g/mol. The topological polar surface area (TPSA) is 92.8 Å². The summed E-state index contributed by atoms with van der Waals surface area (Å²) in [6, 6.07) is 12.8. The summed E-state index contributed by atoms with van der Waals surface area (Å²) >= 11 is 0. The van der Waals surface area contributed by atoms with Crippen LogP contribution >= 0.6 is 0 Å². The van der Waals surface area contributed by atoms with Gasteiger partial charge in [-0.05, 0) is 63.1 Å². The second kappa shape index (κ2) is 15.1. The molecule has 1 aliphatic heterocycles. The van der Waals surface area contributed by atoms with Crippen molar-refractivity contribution >= 4 is 17.7 Å². The van der Waals surface area contributed by atoms with E-state index in [9.17, 15) is 9.59 Å². The molecule has 0 radical (unpaired) electrons. The molecule has 1 aromatic heterocycles. The molecular formula is C28H46N4O4. The molecule has 8 nitrogen and oxygen atoms in total. The summed E-state index contributed by atoms with van der Waals surface area (Å²) < 4.78 is 10.8. The second-order valence-corrected chi connectivity index (χ2v) is 8.78. The van der Waals surface area contributed by atoms with Crippen molar-refractivity contribution in [1.82, 2.24) is 15.2 Å². The van der Waals surface area contributed by atoms with E-state index in [0.717, 1.165) is 42.2 Å². The van der Waals surface area contributed by atoms with E-state index >= 15 is 0 Å². The highest BCUT2D eigenvalue weighted by Gasteiger charge is 2.34. The zero-order valence-electron chi connectivity index (χ0n) is 22.5. The quantitative estimate of drug-likeness (QED) is 0.442. The first-order chi connectivity index (χ1) is 17.4. The highest BCUT2D eigenvalue weighted by atomic mass is 16.5. The molecule has 2 atom stereocenters. The molecule has 1 amide bonds. The van der Waals surface area contributed by atoms with Crippen molar-refractivity contribution in [2.24, 2.45) is 0 Å². The lowest BCUT2D eigenvalue weighted by atomic mass is 10.0. The average molecular weight is 503 g/mol. The zero-order valence-corrected chi connectivity index (χ0v) is 22.5. The Morgan fingerprint density at radius 3 is 2.53 bits per heavy atom. The number of carbonyl (C=O) groups excluding carboxylic acids is 2. The van der Waals surface area contributed by atoms with E-state index in [1.807, 2.05) is 63.4 Å². The number of pyridine rings is 1. The van der Waals surface area contributed by atoms with Crippen molar-refractivity contribution in [1.29, 1.82) is 0 Å². The van der Waals surface area contributed by atoms with Crippen molar-refractivity contribution in [3.63, 3.8) is 0 Å². The lowest BCUT2D eigenvalue weighted by Crippen LogP contribution is -2.51. The molecule has 0 spiro atoms. The van der Waals surface area contributed by atoms with Gasteiger partial charge in [0.05, 0.1) is 19.8 Å². The maximum atomic E-state index is 12.9. The standard InChI is InChI=1S/C26H36N4O4.C2H6.2H2/c1-18(2)30-15-6-8-23(30)25(31)29-22(26(32)33-4)17-19-10-12-21(13-11-19)34-16-14-20-7-5-9-24(27-3)28-20;1-2;;/h5,7,9-13,18,22-23H,6,8,14-17H2,1-4H3,(H,27,28)(H,29,31);1-2H3;2*1H/t22-,23?;;;/m0.../s1. The van der Waals surface area contributed by atoms with E-state index in [1.54, 1.807) is 0 Å². The molecule has 0 aliphatic carbocycles. The van der Waals surface area contributed by atoms with Crippen molar-refractivity contribution in [3.8, 4) is 5.75 Å². The van der Waals surface area contributed by atoms with Gasteiger partial charge in [0.15, 0.2) is 0 Å². The maximum Gasteiger partial charge on any atom is 0.328 e. The number of ether oxygens (including phenoxy) is 2. The van der Waals surface area contributed by atoms with Crippen molar-refractivity contribution in [2.45, 2.75) is 71.5 Å². The molecule has 202 valence electrons. The Bertz CT molecular complexity index is 960. The number of carbonyl (C=O) groups is 2. The smallest absolute Gasteiger partial charge is 0.328 e. The SMILES string of the molecule is CC.CNc1cccc(CCOc2ccc(C[C@H](NC(=O)C3CCCN3C(C)C)C(=O)OC)cc2)n1.[HH].[HH]. The molecule has 3 rings (SSSR count). The van der Waals surface area contributed by atoms with Crippen LogP contribution in [0.5, 0.6) is 5.75 Å². The van der Waals surface area contributed by atoms with Gasteiger partial charge in [-0.3, -0.25) is 9.69 Å². The Morgan fingerprint density at radius 2 is 1.89 bits per heavy atom. The summed E-state index contributed by atoms with van der Waals surface area (Å²) in [7, 11) is 3.19. The van der Waals surface area contributed by atoms with Crippen LogP contribution < -0.4 is 15.4 Å². The Balaban J connectivity index is 0.00000334. The van der Waals surface area contributed by atoms with Gasteiger partial charge in [-0.2, -0.15) is 0 Å². The van der Waals surface area contributed by atoms with Gasteiger partial charge >= 0.3 is 5.97 Å². The Kier molecular flexibility index (Phi) is 12.2. The molecule has 0 bridgehead atoms. The molecule has 1 aliphatic rings. The summed E-state index contributed by atoms with van der Waals surface area (Å²) in [5.74, 6) is 1.02. The lowest BCUT2D eigenvalue weighted by molar-refractivity contribution is -0.145. The molecule has 1 unspecified atom stereocenters. The minimum absolute atomic E-state index is 0. The van der Waals surface area contributed by atoms with Crippen LogP contribution in [-0.2, 0) is 27.2 Å². The minimum Gasteiger partial charge on any atom is -0.493 e. The summed E-state index contributed by atoms with van der Waals surface area (Å²) in [6.07, 6.45) is 2.84. The molecule has 36 heavy (non-hydrogen) atoms. The number of methoxy groups -OCH3 is 1. The van der Waals surface area contributed by atoms with E-state index in [-0.39, 0.29) is 20.8 Å². The third-order valence-corrected chi connectivity index (χ3v) is 6.12. The van der Waals surface area contributed by atoms with Crippen LogP contribution in [-0.4, -0.2) is 67.2 Å². The minimum atomic E-state index is -0.732. The summed E-state index contributed by atoms with van der Waals surface area (Å²) in [4.78, 5) is 32.0. The molecule has 1 saturated heterocycles. The van der Waals surface area contributed by atoms with Crippen molar-refractivity contribution < 1.29 is 21.9 Å². The van der Waals surface area contributed by atoms with Crippen LogP contribution in [0.4, 0.5) is 5.82 Å². The normalized spacial score (nSPS) is 16.0. The number of likely N-dealkylation sites (tertiary alicyclic amines) is 1. The predicted molar refractivity (Wildman–Crippen MR) is 148 cm³/mol. The first-order valence-electron chi connectivity index (χ1n) is 12.9. The molecule has 2 heterocycles. The molecule has 2 N–H and O–H groups in total. The highest BCUT2D eigenvalue weighted by molar-refractivity contribution is 5.88. The van der Waals surface area contributed by atoms with Crippen LogP contribution in [0.3, 0.4) is 0 Å². The van der Waals surface area contributed by atoms with Gasteiger partial charge < -0.3 is 20.1 Å². The van der Waals surface area contributed by atoms with Gasteiger partial charge in [-0.1, -0.05) is 32.0 Å². The number of benzene rings is 1. The Morgan fingerprint density at radius 1 is 1.17 bits per heavy atom. The number of hydrogen-bond acceptors (Lipinski definition) is 7. The number of aromatic nitrogens is 1. The summed E-state index contributed by atoms with van der Waals surface area (Å²) in [5.41, 5.74) is 1.87. The number of nitrogens with one attached hydrogen (secondary N) is 2. The molecule has 8 heteroatoms. The molecule has 2 aromatic rings. The third kappa shape index (κ3) is 8.52. The number of rotatable bonds is 11. The number of anilines is 1. The predicted octanol–water partition coefficient (Wildman–Crippen LogP) is 4.34. The van der Waals surface area contributed by atoms with Crippen molar-refractivity contribution in [3.05, 3.63) is 53.7 Å². The van der Waals surface area contributed by atoms with E-state index < -0.39 is 12.0 Å². The van der Waals surface area contributed by atoms with E-state index in [1.165, 1.54) is 7.11 Å². The van der Waals surface area contributed by atoms with Gasteiger partial charge in [-0.25, -0.2) is 9.78 Å². The zero-order chi connectivity index (χ0) is 26.5. The second-order valence-electron chi connectivity index (χ2n) is 8.78. The van der Waals surface area contributed by atoms with Crippen LogP contribution in [0.25, 0.3) is 0 Å². The van der Waals surface area contributed by atoms with Crippen LogP contribution in [0.1, 0.15) is 54.6 Å². The monoisotopic (exact) mass is 502 g/mol. The van der Waals surface area contributed by atoms with Gasteiger partial charge in [0.25, 0.3) is 0 Å². The van der Waals surface area contributed by atoms with Crippen LogP contribution in [0, 0.1) is 0 Å². The fourth-order valence-electron chi connectivity index (χ4n) is 4.28. The number of amides is 1. The van der Waals surface area contributed by atoms with Gasteiger partial charge in [0, 0.05) is 34.5 Å². The summed E-state index contributed by atoms with van der Waals surface area (Å²) in [5, 5.41) is 5.95. The molecule has 1 aromatic carbocycles. The highest BCUT2D eigenvalue weighted by Crippen LogP contribution is 2.21. The van der Waals surface area contributed by atoms with E-state index in [0.29, 0.717) is 19.4 Å². The van der Waals surface area contributed by atoms with Gasteiger partial charge in [0.1, 0.15) is 17.6 Å². The third-order valence-electron chi connectivity index (χ3n) is 6.12.